The van der Waals surface area contributed by atoms with Gasteiger partial charge in [0.05, 0.1) is 13.7 Å². The number of allylic oxidation sites excluding steroid dienone is 3. The van der Waals surface area contributed by atoms with Gasteiger partial charge in [0.15, 0.2) is 0 Å². The fourth-order valence-electron chi connectivity index (χ4n) is 3.89. The first-order valence-electron chi connectivity index (χ1n) is 11.4. The van der Waals surface area contributed by atoms with Gasteiger partial charge >= 0.3 is 0 Å². The minimum Gasteiger partial charge on any atom is -0.496 e. The number of primary amides is 1. The summed E-state index contributed by atoms with van der Waals surface area (Å²) in [4.78, 5) is 15.8. The molecule has 0 aliphatic carbocycles. The van der Waals surface area contributed by atoms with Crippen LogP contribution in [-0.4, -0.2) is 25.8 Å². The number of aliphatic imine (C=N–C) groups is 1. The monoisotopic (exact) mass is 450 g/mol. The van der Waals surface area contributed by atoms with Crippen molar-refractivity contribution >= 4 is 12.1 Å². The van der Waals surface area contributed by atoms with Crippen molar-refractivity contribution in [2.75, 3.05) is 13.7 Å². The zero-order valence-corrected chi connectivity index (χ0v) is 19.4. The van der Waals surface area contributed by atoms with Crippen LogP contribution in [0.15, 0.2) is 70.4 Å². The topological polar surface area (TPSA) is 81.3 Å². The Morgan fingerprint density at radius 1 is 1.18 bits per heavy atom. The van der Waals surface area contributed by atoms with Crippen LogP contribution >= 0.6 is 0 Å². The van der Waals surface area contributed by atoms with E-state index in [2.05, 4.69) is 35.4 Å². The molecule has 6 heteroatoms. The van der Waals surface area contributed by atoms with Gasteiger partial charge in [0.25, 0.3) is 5.91 Å². The predicted octanol–water partition coefficient (Wildman–Crippen LogP) is 3.62. The summed E-state index contributed by atoms with van der Waals surface area (Å²) in [5.74, 6) is 0.165. The van der Waals surface area contributed by atoms with Gasteiger partial charge in [-0.25, -0.2) is 4.39 Å². The number of ether oxygens (including phenoxy) is 1. The molecule has 174 valence electrons. The molecule has 1 amide bonds. The van der Waals surface area contributed by atoms with Crippen molar-refractivity contribution in [3.8, 4) is 5.75 Å². The third-order valence-corrected chi connectivity index (χ3v) is 5.92. The van der Waals surface area contributed by atoms with Gasteiger partial charge in [-0.15, -0.1) is 0 Å². The van der Waals surface area contributed by atoms with Crippen molar-refractivity contribution in [3.63, 3.8) is 0 Å². The number of benzene rings is 2. The predicted molar refractivity (Wildman–Crippen MR) is 130 cm³/mol. The van der Waals surface area contributed by atoms with Crippen molar-refractivity contribution in [3.05, 3.63) is 87.9 Å². The Hall–Kier alpha value is -3.25. The number of hydrogen-bond donors (Lipinski definition) is 2. The van der Waals surface area contributed by atoms with Crippen molar-refractivity contribution < 1.29 is 19.2 Å². The summed E-state index contributed by atoms with van der Waals surface area (Å²) in [6, 6.07) is 13.1. The molecule has 33 heavy (non-hydrogen) atoms. The summed E-state index contributed by atoms with van der Waals surface area (Å²) < 4.78 is 18.7. The van der Waals surface area contributed by atoms with E-state index in [-0.39, 0.29) is 5.82 Å². The Balaban J connectivity index is 1.57. The number of methoxy groups -OCH3 is 1. The largest absolute Gasteiger partial charge is 0.496 e. The molecule has 0 bridgehead atoms. The average molecular weight is 451 g/mol. The van der Waals surface area contributed by atoms with Crippen LogP contribution in [0.1, 0.15) is 42.9 Å². The van der Waals surface area contributed by atoms with E-state index in [1.807, 2.05) is 12.1 Å². The summed E-state index contributed by atoms with van der Waals surface area (Å²) in [7, 11) is 1.69. The molecule has 1 aliphatic rings. The van der Waals surface area contributed by atoms with Crippen LogP contribution < -0.4 is 15.8 Å². The van der Waals surface area contributed by atoms with Crippen molar-refractivity contribution in [1.29, 1.82) is 0 Å². The first-order chi connectivity index (χ1) is 16.0. The van der Waals surface area contributed by atoms with E-state index >= 15 is 0 Å². The number of halogens is 1. The lowest BCUT2D eigenvalue weighted by Crippen LogP contribution is -2.82. The Labute approximate surface area is 195 Å². The number of carbonyl (C=O) groups is 1. The number of aryl methyl sites for hydroxylation is 1. The smallest absolute Gasteiger partial charge is 0.266 e. The van der Waals surface area contributed by atoms with E-state index in [0.717, 1.165) is 61.2 Å². The molecule has 0 unspecified atom stereocenters. The summed E-state index contributed by atoms with van der Waals surface area (Å²) in [6.07, 6.45) is 7.84. The van der Waals surface area contributed by atoms with Crippen LogP contribution in [0.4, 0.5) is 4.39 Å². The minimum absolute atomic E-state index is 0.191. The summed E-state index contributed by atoms with van der Waals surface area (Å²) >= 11 is 0. The third kappa shape index (κ3) is 7.39. The highest BCUT2D eigenvalue weighted by Gasteiger charge is 2.12. The highest BCUT2D eigenvalue weighted by atomic mass is 19.1. The molecular formula is C27H33FN3O2+. The van der Waals surface area contributed by atoms with Crippen molar-refractivity contribution in [1.82, 2.24) is 0 Å². The van der Waals surface area contributed by atoms with Gasteiger partial charge in [-0.2, -0.15) is 0 Å². The number of rotatable bonds is 10. The lowest BCUT2D eigenvalue weighted by molar-refractivity contribution is -0.670. The zero-order chi connectivity index (χ0) is 23.6. The number of amides is 1. The van der Waals surface area contributed by atoms with Crippen LogP contribution in [0, 0.1) is 5.82 Å². The Morgan fingerprint density at radius 3 is 2.67 bits per heavy atom. The summed E-state index contributed by atoms with van der Waals surface area (Å²) in [6.45, 7) is 3.97. The van der Waals surface area contributed by atoms with E-state index in [1.165, 1.54) is 23.3 Å². The molecule has 0 spiro atoms. The first-order valence-corrected chi connectivity index (χ1v) is 11.4. The maximum absolute atomic E-state index is 13.0. The zero-order valence-electron chi connectivity index (χ0n) is 19.4. The lowest BCUT2D eigenvalue weighted by atomic mass is 9.96. The average Bonchev–Trinajstić information content (AvgIpc) is 2.80. The second kappa shape index (κ2) is 12.1. The van der Waals surface area contributed by atoms with Crippen LogP contribution in [0.2, 0.25) is 0 Å². The molecule has 0 radical (unpaired) electrons. The molecule has 0 saturated heterocycles. The second-order valence-corrected chi connectivity index (χ2v) is 8.39. The lowest BCUT2D eigenvalue weighted by Gasteiger charge is -2.14. The first kappa shape index (κ1) is 24.4. The summed E-state index contributed by atoms with van der Waals surface area (Å²) in [5, 5.41) is 2.28. The maximum atomic E-state index is 13.0. The maximum Gasteiger partial charge on any atom is 0.266 e. The molecular weight excluding hydrogens is 417 g/mol. The highest BCUT2D eigenvalue weighted by Crippen LogP contribution is 2.25. The Bertz CT molecular complexity index is 1060. The molecule has 1 aliphatic heterocycles. The number of carbonyl (C=O) groups excluding carboxylic acids is 1. The van der Waals surface area contributed by atoms with Crippen LogP contribution in [-0.2, 0) is 24.2 Å². The highest BCUT2D eigenvalue weighted by molar-refractivity contribution is 5.95. The van der Waals surface area contributed by atoms with Gasteiger partial charge in [0.2, 0.25) is 0 Å². The van der Waals surface area contributed by atoms with Crippen molar-refractivity contribution in [2.45, 2.75) is 45.6 Å². The second-order valence-electron chi connectivity index (χ2n) is 8.39. The third-order valence-electron chi connectivity index (χ3n) is 5.92. The van der Waals surface area contributed by atoms with E-state index in [0.29, 0.717) is 12.1 Å². The van der Waals surface area contributed by atoms with Gasteiger partial charge in [0.1, 0.15) is 23.8 Å². The van der Waals surface area contributed by atoms with Gasteiger partial charge in [0, 0.05) is 24.6 Å². The molecule has 2 aromatic rings. The van der Waals surface area contributed by atoms with Crippen LogP contribution in [0.3, 0.4) is 0 Å². The van der Waals surface area contributed by atoms with Crippen LogP contribution in [0.5, 0.6) is 5.75 Å². The molecule has 0 aromatic heterocycles. The van der Waals surface area contributed by atoms with Crippen LogP contribution in [0.25, 0.3) is 0 Å². The summed E-state index contributed by atoms with van der Waals surface area (Å²) in [5.41, 5.74) is 11.5. The van der Waals surface area contributed by atoms with E-state index in [1.54, 1.807) is 19.4 Å². The standard InChI is InChI=1S/C27H32FN3O2/c1-19-5-3-7-25(27(29)32)31-18-23(19)16-22-11-8-21(15-26(22)33-2)17-30-14-4-6-20-9-12-24(28)13-10-20/h7-13,15,18,30H,3-6,14,16-17H2,1-2H3,(H2,29,32)/p+1. The molecule has 1 heterocycles. The van der Waals surface area contributed by atoms with E-state index in [9.17, 15) is 9.18 Å². The van der Waals surface area contributed by atoms with Crippen molar-refractivity contribution in [2.24, 2.45) is 10.7 Å². The number of hydrogen-bond acceptors (Lipinski definition) is 3. The minimum atomic E-state index is -0.499. The van der Waals surface area contributed by atoms with E-state index in [4.69, 9.17) is 10.5 Å². The Kier molecular flexibility index (Phi) is 8.95. The SMILES string of the molecule is COc1cc(C[NH2+]CCCc2ccc(F)cc2)ccc1CC1=C(C)CCC=C(C(N)=O)N=C1. The Morgan fingerprint density at radius 2 is 1.94 bits per heavy atom. The molecule has 0 saturated carbocycles. The molecule has 4 N–H and O–H groups in total. The molecule has 0 atom stereocenters. The van der Waals surface area contributed by atoms with Gasteiger partial charge in [-0.1, -0.05) is 35.9 Å². The molecule has 5 nitrogen and oxygen atoms in total. The fraction of sp³-hybridized carbons (Fsp3) is 0.333. The molecule has 2 aromatic carbocycles. The fourth-order valence-corrected chi connectivity index (χ4v) is 3.89. The number of nitrogens with zero attached hydrogens (tertiary/aromatic N) is 1. The molecule has 3 rings (SSSR count). The normalized spacial score (nSPS) is 14.0. The van der Waals surface area contributed by atoms with Gasteiger partial charge in [-0.05, 0) is 61.1 Å². The number of quaternary nitrogens is 1. The molecule has 0 fully saturated rings. The van der Waals surface area contributed by atoms with E-state index < -0.39 is 5.91 Å². The quantitative estimate of drug-likeness (QED) is 0.542. The number of nitrogens with two attached hydrogens (primary N) is 2. The van der Waals surface area contributed by atoms with Gasteiger partial charge < -0.3 is 15.8 Å². The van der Waals surface area contributed by atoms with Gasteiger partial charge in [-0.3, -0.25) is 9.79 Å².